The number of ether oxygens (including phenoxy) is 1. The largest absolute Gasteiger partial charge is 0.373 e. The predicted molar refractivity (Wildman–Crippen MR) is 60.0 cm³/mol. The van der Waals surface area contributed by atoms with Gasteiger partial charge in [0.25, 0.3) is 0 Å². The predicted octanol–water partition coefficient (Wildman–Crippen LogP) is 0.482. The van der Waals surface area contributed by atoms with Gasteiger partial charge in [0.2, 0.25) is 5.91 Å². The van der Waals surface area contributed by atoms with Crippen LogP contribution in [0.4, 0.5) is 5.82 Å². The van der Waals surface area contributed by atoms with Crippen LogP contribution in [0.1, 0.15) is 5.56 Å². The molecule has 2 heterocycles. The van der Waals surface area contributed by atoms with Gasteiger partial charge in [-0.3, -0.25) is 4.79 Å². The van der Waals surface area contributed by atoms with E-state index in [-0.39, 0.29) is 12.5 Å². The van der Waals surface area contributed by atoms with E-state index in [1.165, 1.54) is 0 Å². The van der Waals surface area contributed by atoms with Crippen molar-refractivity contribution in [2.24, 2.45) is 0 Å². The summed E-state index contributed by atoms with van der Waals surface area (Å²) in [5.74, 6) is 0.860. The lowest BCUT2D eigenvalue weighted by atomic mass is 10.2. The topological polar surface area (TPSA) is 54.5 Å². The number of nitrogens with one attached hydrogen (secondary N) is 1. The SMILES string of the molecule is CNc1ncccc1CN1CCOCC1=O. The molecular formula is C11H15N3O2. The van der Waals surface area contributed by atoms with Crippen LogP contribution in [0.5, 0.6) is 0 Å². The fourth-order valence-electron chi connectivity index (χ4n) is 1.71. The van der Waals surface area contributed by atoms with E-state index in [0.717, 1.165) is 11.4 Å². The second kappa shape index (κ2) is 4.94. The minimum absolute atomic E-state index is 0.0390. The summed E-state index contributed by atoms with van der Waals surface area (Å²) in [7, 11) is 1.83. The number of morpholine rings is 1. The lowest BCUT2D eigenvalue weighted by molar-refractivity contribution is -0.143. The average molecular weight is 221 g/mol. The normalized spacial score (nSPS) is 16.3. The monoisotopic (exact) mass is 221 g/mol. The zero-order chi connectivity index (χ0) is 11.4. The van der Waals surface area contributed by atoms with Gasteiger partial charge in [-0.2, -0.15) is 0 Å². The number of rotatable bonds is 3. The fraction of sp³-hybridized carbons (Fsp3) is 0.455. The van der Waals surface area contributed by atoms with Crippen molar-refractivity contribution >= 4 is 11.7 Å². The van der Waals surface area contributed by atoms with Crippen LogP contribution in [-0.2, 0) is 16.1 Å². The summed E-state index contributed by atoms with van der Waals surface area (Å²) in [5, 5.41) is 3.02. The van der Waals surface area contributed by atoms with Gasteiger partial charge in [0, 0.05) is 31.9 Å². The molecule has 1 aromatic heterocycles. The molecule has 5 nitrogen and oxygen atoms in total. The van der Waals surface area contributed by atoms with Crippen molar-refractivity contribution in [1.29, 1.82) is 0 Å². The lowest BCUT2D eigenvalue weighted by Crippen LogP contribution is -2.41. The molecule has 1 fully saturated rings. The Morgan fingerprint density at radius 2 is 2.50 bits per heavy atom. The quantitative estimate of drug-likeness (QED) is 0.806. The first-order chi connectivity index (χ1) is 7.81. The second-order valence-corrected chi connectivity index (χ2v) is 3.63. The van der Waals surface area contributed by atoms with E-state index in [0.29, 0.717) is 19.7 Å². The number of amides is 1. The van der Waals surface area contributed by atoms with Crippen LogP contribution >= 0.6 is 0 Å². The molecule has 0 bridgehead atoms. The number of carbonyl (C=O) groups excluding carboxylic acids is 1. The molecule has 1 aromatic rings. The molecule has 0 atom stereocenters. The van der Waals surface area contributed by atoms with Gasteiger partial charge in [0.05, 0.1) is 6.61 Å². The summed E-state index contributed by atoms with van der Waals surface area (Å²) < 4.78 is 5.08. The second-order valence-electron chi connectivity index (χ2n) is 3.63. The zero-order valence-electron chi connectivity index (χ0n) is 9.27. The number of hydrogen-bond acceptors (Lipinski definition) is 4. The molecular weight excluding hydrogens is 206 g/mol. The van der Waals surface area contributed by atoms with E-state index in [1.54, 1.807) is 11.1 Å². The van der Waals surface area contributed by atoms with E-state index in [4.69, 9.17) is 4.74 Å². The highest BCUT2D eigenvalue weighted by atomic mass is 16.5. The van der Waals surface area contributed by atoms with Crippen LogP contribution in [-0.4, -0.2) is 42.6 Å². The van der Waals surface area contributed by atoms with Gasteiger partial charge in [-0.25, -0.2) is 4.98 Å². The molecule has 2 rings (SSSR count). The zero-order valence-corrected chi connectivity index (χ0v) is 9.27. The Kier molecular flexibility index (Phi) is 3.36. The Balaban J connectivity index is 2.10. The molecule has 1 amide bonds. The van der Waals surface area contributed by atoms with Crippen LogP contribution in [0.15, 0.2) is 18.3 Å². The molecule has 0 aromatic carbocycles. The van der Waals surface area contributed by atoms with Crippen molar-refractivity contribution in [2.45, 2.75) is 6.54 Å². The smallest absolute Gasteiger partial charge is 0.248 e. The van der Waals surface area contributed by atoms with Crippen LogP contribution in [0.2, 0.25) is 0 Å². The first-order valence-electron chi connectivity index (χ1n) is 5.28. The molecule has 1 saturated heterocycles. The number of carbonyl (C=O) groups is 1. The molecule has 1 aliphatic rings. The molecule has 1 N–H and O–H groups in total. The van der Waals surface area contributed by atoms with E-state index < -0.39 is 0 Å². The minimum Gasteiger partial charge on any atom is -0.373 e. The molecule has 0 aliphatic carbocycles. The first-order valence-corrected chi connectivity index (χ1v) is 5.28. The highest BCUT2D eigenvalue weighted by molar-refractivity contribution is 5.78. The Morgan fingerprint density at radius 1 is 1.62 bits per heavy atom. The first kappa shape index (κ1) is 10.9. The van der Waals surface area contributed by atoms with Gasteiger partial charge in [-0.15, -0.1) is 0 Å². The van der Waals surface area contributed by atoms with E-state index in [2.05, 4.69) is 10.3 Å². The molecule has 5 heteroatoms. The van der Waals surface area contributed by atoms with Gasteiger partial charge in [-0.05, 0) is 6.07 Å². The Morgan fingerprint density at radius 3 is 3.25 bits per heavy atom. The van der Waals surface area contributed by atoms with Crippen LogP contribution in [0, 0.1) is 0 Å². The van der Waals surface area contributed by atoms with Crippen molar-refractivity contribution in [3.05, 3.63) is 23.9 Å². The van der Waals surface area contributed by atoms with Gasteiger partial charge in [0.1, 0.15) is 12.4 Å². The molecule has 1 aliphatic heterocycles. The average Bonchev–Trinajstić information content (AvgIpc) is 2.33. The molecule has 0 saturated carbocycles. The van der Waals surface area contributed by atoms with E-state index in [1.807, 2.05) is 19.2 Å². The third kappa shape index (κ3) is 2.30. The van der Waals surface area contributed by atoms with Crippen molar-refractivity contribution in [1.82, 2.24) is 9.88 Å². The van der Waals surface area contributed by atoms with Crippen molar-refractivity contribution in [2.75, 3.05) is 32.1 Å². The molecule has 0 radical (unpaired) electrons. The number of pyridine rings is 1. The number of anilines is 1. The minimum atomic E-state index is 0.0390. The molecule has 0 spiro atoms. The summed E-state index contributed by atoms with van der Waals surface area (Å²) in [6.45, 7) is 2.04. The Labute approximate surface area is 94.4 Å². The maximum absolute atomic E-state index is 11.6. The van der Waals surface area contributed by atoms with Crippen LogP contribution in [0.25, 0.3) is 0 Å². The summed E-state index contributed by atoms with van der Waals surface area (Å²) in [4.78, 5) is 17.6. The third-order valence-corrected chi connectivity index (χ3v) is 2.57. The summed E-state index contributed by atoms with van der Waals surface area (Å²) in [6, 6.07) is 3.85. The maximum atomic E-state index is 11.6. The highest BCUT2D eigenvalue weighted by Gasteiger charge is 2.19. The van der Waals surface area contributed by atoms with E-state index in [9.17, 15) is 4.79 Å². The maximum Gasteiger partial charge on any atom is 0.248 e. The van der Waals surface area contributed by atoms with Gasteiger partial charge >= 0.3 is 0 Å². The van der Waals surface area contributed by atoms with Crippen molar-refractivity contribution < 1.29 is 9.53 Å². The van der Waals surface area contributed by atoms with E-state index >= 15 is 0 Å². The fourth-order valence-corrected chi connectivity index (χ4v) is 1.71. The van der Waals surface area contributed by atoms with Crippen LogP contribution in [0.3, 0.4) is 0 Å². The molecule has 0 unspecified atom stereocenters. The highest BCUT2D eigenvalue weighted by Crippen LogP contribution is 2.14. The molecule has 86 valence electrons. The van der Waals surface area contributed by atoms with Crippen molar-refractivity contribution in [3.63, 3.8) is 0 Å². The van der Waals surface area contributed by atoms with Crippen molar-refractivity contribution in [3.8, 4) is 0 Å². The summed E-state index contributed by atoms with van der Waals surface area (Å²) in [6.07, 6.45) is 1.73. The van der Waals surface area contributed by atoms with Gasteiger partial charge in [-0.1, -0.05) is 6.07 Å². The lowest BCUT2D eigenvalue weighted by Gasteiger charge is -2.27. The number of hydrogen-bond donors (Lipinski definition) is 1. The number of aromatic nitrogens is 1. The van der Waals surface area contributed by atoms with Gasteiger partial charge in [0.15, 0.2) is 0 Å². The summed E-state index contributed by atoms with van der Waals surface area (Å²) >= 11 is 0. The Bertz CT molecular complexity index is 381. The van der Waals surface area contributed by atoms with Crippen LogP contribution < -0.4 is 5.32 Å². The molecule has 16 heavy (non-hydrogen) atoms. The summed E-state index contributed by atoms with van der Waals surface area (Å²) in [5.41, 5.74) is 1.03. The Hall–Kier alpha value is -1.62. The standard InChI is InChI=1S/C11H15N3O2/c1-12-11-9(3-2-4-13-11)7-14-5-6-16-8-10(14)15/h2-4H,5-8H2,1H3,(H,12,13). The van der Waals surface area contributed by atoms with Gasteiger partial charge < -0.3 is 15.0 Å². The number of nitrogens with zero attached hydrogens (tertiary/aromatic N) is 2. The third-order valence-electron chi connectivity index (χ3n) is 2.57.